The molecule has 1 aromatic heterocycles. The molecule has 0 amide bonds. The van der Waals surface area contributed by atoms with Crippen molar-refractivity contribution in [2.24, 2.45) is 5.92 Å². The fraction of sp³-hybridized carbons (Fsp3) is 0.692. The molecule has 0 aliphatic carbocycles. The maximum Gasteiger partial charge on any atom is 0.128 e. The molecule has 0 unspecified atom stereocenters. The van der Waals surface area contributed by atoms with Gasteiger partial charge in [0.05, 0.1) is 0 Å². The predicted molar refractivity (Wildman–Crippen MR) is 65.3 cm³/mol. The van der Waals surface area contributed by atoms with Crippen LogP contribution < -0.4 is 5.32 Å². The highest BCUT2D eigenvalue weighted by Crippen LogP contribution is 2.17. The van der Waals surface area contributed by atoms with Crippen molar-refractivity contribution in [1.82, 2.24) is 15.3 Å². The first kappa shape index (κ1) is 11.5. The van der Waals surface area contributed by atoms with Crippen LogP contribution in [0.1, 0.15) is 37.7 Å². The third-order valence-electron chi connectivity index (χ3n) is 3.35. The predicted octanol–water partition coefficient (Wildman–Crippen LogP) is 1.97. The molecule has 3 nitrogen and oxygen atoms in total. The van der Waals surface area contributed by atoms with Gasteiger partial charge in [0.1, 0.15) is 5.82 Å². The lowest BCUT2D eigenvalue weighted by atomic mass is 9.92. The summed E-state index contributed by atoms with van der Waals surface area (Å²) in [5, 5.41) is 3.41. The minimum absolute atomic E-state index is 0.890. The highest BCUT2D eigenvalue weighted by Gasteiger charge is 2.12. The van der Waals surface area contributed by atoms with Crippen molar-refractivity contribution in [2.45, 2.75) is 39.0 Å². The SMILES string of the molecule is CCc1nccc(CCC2CCNCC2)n1. The average molecular weight is 219 g/mol. The maximum atomic E-state index is 4.55. The van der Waals surface area contributed by atoms with Crippen molar-refractivity contribution in [2.75, 3.05) is 13.1 Å². The van der Waals surface area contributed by atoms with Crippen LogP contribution in [0.2, 0.25) is 0 Å². The molecule has 0 spiro atoms. The van der Waals surface area contributed by atoms with E-state index in [1.807, 2.05) is 6.20 Å². The van der Waals surface area contributed by atoms with E-state index < -0.39 is 0 Å². The summed E-state index contributed by atoms with van der Waals surface area (Å²) in [6.45, 7) is 4.48. The van der Waals surface area contributed by atoms with E-state index in [2.05, 4.69) is 28.3 Å². The van der Waals surface area contributed by atoms with Crippen molar-refractivity contribution < 1.29 is 0 Å². The molecule has 0 aromatic carbocycles. The Bertz CT molecular complexity index is 319. The van der Waals surface area contributed by atoms with Gasteiger partial charge in [-0.05, 0) is 50.8 Å². The van der Waals surface area contributed by atoms with Gasteiger partial charge in [-0.2, -0.15) is 0 Å². The summed E-state index contributed by atoms with van der Waals surface area (Å²) in [5.41, 5.74) is 1.21. The minimum Gasteiger partial charge on any atom is -0.317 e. The molecule has 2 rings (SSSR count). The molecule has 1 fully saturated rings. The summed E-state index contributed by atoms with van der Waals surface area (Å²) < 4.78 is 0. The Morgan fingerprint density at radius 3 is 2.94 bits per heavy atom. The zero-order valence-corrected chi connectivity index (χ0v) is 10.1. The molecule has 1 saturated heterocycles. The van der Waals surface area contributed by atoms with Gasteiger partial charge in [0.15, 0.2) is 0 Å². The molecular formula is C13H21N3. The summed E-state index contributed by atoms with van der Waals surface area (Å²) in [6, 6.07) is 2.06. The molecule has 1 aromatic rings. The van der Waals surface area contributed by atoms with Crippen LogP contribution in [0.3, 0.4) is 0 Å². The average Bonchev–Trinajstić information content (AvgIpc) is 2.38. The second-order valence-electron chi connectivity index (χ2n) is 4.55. The number of rotatable bonds is 4. The van der Waals surface area contributed by atoms with Crippen molar-refractivity contribution in [3.63, 3.8) is 0 Å². The molecule has 0 radical (unpaired) electrons. The zero-order chi connectivity index (χ0) is 11.2. The van der Waals surface area contributed by atoms with E-state index >= 15 is 0 Å². The molecule has 3 heteroatoms. The summed E-state index contributed by atoms with van der Waals surface area (Å²) in [5.74, 6) is 1.86. The molecule has 1 aliphatic rings. The topological polar surface area (TPSA) is 37.8 Å². The number of nitrogens with zero attached hydrogens (tertiary/aromatic N) is 2. The molecule has 1 aliphatic heterocycles. The lowest BCUT2D eigenvalue weighted by molar-refractivity contribution is 0.353. The zero-order valence-electron chi connectivity index (χ0n) is 10.1. The smallest absolute Gasteiger partial charge is 0.128 e. The minimum atomic E-state index is 0.890. The number of aryl methyl sites for hydroxylation is 2. The number of hydrogen-bond donors (Lipinski definition) is 1. The van der Waals surface area contributed by atoms with E-state index in [-0.39, 0.29) is 0 Å². The quantitative estimate of drug-likeness (QED) is 0.841. The molecule has 1 N–H and O–H groups in total. The van der Waals surface area contributed by atoms with Crippen molar-refractivity contribution in [3.05, 3.63) is 23.8 Å². The van der Waals surface area contributed by atoms with E-state index in [1.54, 1.807) is 0 Å². The van der Waals surface area contributed by atoms with Gasteiger partial charge in [0, 0.05) is 18.3 Å². The first-order valence-electron chi connectivity index (χ1n) is 6.40. The Kier molecular flexibility index (Phi) is 4.28. The van der Waals surface area contributed by atoms with Crippen molar-refractivity contribution in [3.8, 4) is 0 Å². The van der Waals surface area contributed by atoms with Crippen molar-refractivity contribution in [1.29, 1.82) is 0 Å². The van der Waals surface area contributed by atoms with Gasteiger partial charge in [0.25, 0.3) is 0 Å². The first-order valence-corrected chi connectivity index (χ1v) is 6.40. The fourth-order valence-corrected chi connectivity index (χ4v) is 2.27. The van der Waals surface area contributed by atoms with Crippen LogP contribution in [0.25, 0.3) is 0 Å². The Morgan fingerprint density at radius 1 is 1.38 bits per heavy atom. The summed E-state index contributed by atoms with van der Waals surface area (Å²) in [6.07, 6.45) is 7.87. The van der Waals surface area contributed by atoms with Crippen LogP contribution >= 0.6 is 0 Å². The Hall–Kier alpha value is -0.960. The fourth-order valence-electron chi connectivity index (χ4n) is 2.27. The lowest BCUT2D eigenvalue weighted by Gasteiger charge is -2.22. The molecule has 16 heavy (non-hydrogen) atoms. The normalized spacial score (nSPS) is 17.6. The summed E-state index contributed by atoms with van der Waals surface area (Å²) >= 11 is 0. The third kappa shape index (κ3) is 3.27. The molecular weight excluding hydrogens is 198 g/mol. The van der Waals surface area contributed by atoms with E-state index in [9.17, 15) is 0 Å². The monoisotopic (exact) mass is 219 g/mol. The molecule has 2 heterocycles. The van der Waals surface area contributed by atoms with E-state index in [0.29, 0.717) is 0 Å². The second kappa shape index (κ2) is 5.94. The summed E-state index contributed by atoms with van der Waals surface area (Å²) in [7, 11) is 0. The Morgan fingerprint density at radius 2 is 2.19 bits per heavy atom. The Labute approximate surface area is 97.7 Å². The van der Waals surface area contributed by atoms with E-state index in [0.717, 1.165) is 24.6 Å². The first-order chi connectivity index (χ1) is 7.88. The molecule has 88 valence electrons. The van der Waals surface area contributed by atoms with Crippen molar-refractivity contribution >= 4 is 0 Å². The Balaban J connectivity index is 1.83. The van der Waals surface area contributed by atoms with E-state index in [1.165, 1.54) is 38.0 Å². The maximum absolute atomic E-state index is 4.55. The highest BCUT2D eigenvalue weighted by molar-refractivity contribution is 5.02. The largest absolute Gasteiger partial charge is 0.317 e. The van der Waals surface area contributed by atoms with Gasteiger partial charge in [-0.15, -0.1) is 0 Å². The number of nitrogens with one attached hydrogen (secondary N) is 1. The van der Waals surface area contributed by atoms with Gasteiger partial charge in [0.2, 0.25) is 0 Å². The molecule has 0 saturated carbocycles. The second-order valence-corrected chi connectivity index (χ2v) is 4.55. The van der Waals surface area contributed by atoms with Gasteiger partial charge < -0.3 is 5.32 Å². The summed E-state index contributed by atoms with van der Waals surface area (Å²) in [4.78, 5) is 8.78. The van der Waals surface area contributed by atoms with Crippen LogP contribution in [-0.4, -0.2) is 23.1 Å². The lowest BCUT2D eigenvalue weighted by Crippen LogP contribution is -2.27. The number of piperidine rings is 1. The van der Waals surface area contributed by atoms with E-state index in [4.69, 9.17) is 0 Å². The van der Waals surface area contributed by atoms with Crippen LogP contribution in [-0.2, 0) is 12.8 Å². The van der Waals surface area contributed by atoms with Crippen LogP contribution in [0, 0.1) is 5.92 Å². The molecule has 0 atom stereocenters. The standard InChI is InChI=1S/C13H21N3/c1-2-13-15-10-7-12(16-13)4-3-11-5-8-14-9-6-11/h7,10-11,14H,2-6,8-9H2,1H3. The van der Waals surface area contributed by atoms with Crippen LogP contribution in [0.15, 0.2) is 12.3 Å². The third-order valence-corrected chi connectivity index (χ3v) is 3.35. The van der Waals surface area contributed by atoms with Gasteiger partial charge in [-0.3, -0.25) is 0 Å². The van der Waals surface area contributed by atoms with Gasteiger partial charge >= 0.3 is 0 Å². The number of aromatic nitrogens is 2. The molecule has 0 bridgehead atoms. The van der Waals surface area contributed by atoms with Gasteiger partial charge in [-0.25, -0.2) is 9.97 Å². The highest BCUT2D eigenvalue weighted by atomic mass is 14.9. The van der Waals surface area contributed by atoms with Crippen LogP contribution in [0.4, 0.5) is 0 Å². The van der Waals surface area contributed by atoms with Crippen LogP contribution in [0.5, 0.6) is 0 Å². The van der Waals surface area contributed by atoms with Gasteiger partial charge in [-0.1, -0.05) is 6.92 Å². The number of hydrogen-bond acceptors (Lipinski definition) is 3.